The van der Waals surface area contributed by atoms with E-state index in [4.69, 9.17) is 5.11 Å². The summed E-state index contributed by atoms with van der Waals surface area (Å²) in [6, 6.07) is 0. The third-order valence-corrected chi connectivity index (χ3v) is 3.22. The highest BCUT2D eigenvalue weighted by molar-refractivity contribution is 5.66. The maximum Gasteiger partial charge on any atom is 0.303 e. The van der Waals surface area contributed by atoms with Crippen molar-refractivity contribution in [1.82, 2.24) is 0 Å². The van der Waals surface area contributed by atoms with Crippen LogP contribution in [0.5, 0.6) is 0 Å². The van der Waals surface area contributed by atoms with Gasteiger partial charge in [-0.2, -0.15) is 0 Å². The Labute approximate surface area is 117 Å². The summed E-state index contributed by atoms with van der Waals surface area (Å²) in [6.07, 6.45) is 14.6. The number of carbonyl (C=O) groups is 1. The van der Waals surface area contributed by atoms with E-state index in [2.05, 4.69) is 13.0 Å². The Kier molecular flexibility index (Phi) is 13.0. The molecule has 2 N–H and O–H groups in total. The van der Waals surface area contributed by atoms with Gasteiger partial charge in [-0.3, -0.25) is 4.79 Å². The zero-order valence-electron chi connectivity index (χ0n) is 12.3. The van der Waals surface area contributed by atoms with Gasteiger partial charge in [0, 0.05) is 6.42 Å². The van der Waals surface area contributed by atoms with Crippen molar-refractivity contribution < 1.29 is 15.0 Å². The number of aliphatic carboxylic acids is 1. The molecule has 0 amide bonds. The highest BCUT2D eigenvalue weighted by Gasteiger charge is 1.98. The maximum atomic E-state index is 10.3. The Bertz CT molecular complexity index is 236. The van der Waals surface area contributed by atoms with Crippen molar-refractivity contribution in [2.24, 2.45) is 0 Å². The van der Waals surface area contributed by atoms with Gasteiger partial charge in [-0.05, 0) is 25.7 Å². The number of carboxylic acid groups (broad SMARTS) is 1. The van der Waals surface area contributed by atoms with Crippen LogP contribution in [0.4, 0.5) is 0 Å². The van der Waals surface area contributed by atoms with E-state index in [0.29, 0.717) is 6.42 Å². The molecule has 0 rings (SSSR count). The number of hydrogen-bond acceptors (Lipinski definition) is 2. The molecule has 1 unspecified atom stereocenters. The molecule has 112 valence electrons. The van der Waals surface area contributed by atoms with Crippen LogP contribution in [0.15, 0.2) is 12.2 Å². The summed E-state index contributed by atoms with van der Waals surface area (Å²) in [7, 11) is 0. The van der Waals surface area contributed by atoms with Gasteiger partial charge in [0.2, 0.25) is 0 Å². The van der Waals surface area contributed by atoms with Crippen LogP contribution >= 0.6 is 0 Å². The van der Waals surface area contributed by atoms with E-state index >= 15 is 0 Å². The largest absolute Gasteiger partial charge is 0.481 e. The minimum atomic E-state index is -0.694. The Morgan fingerprint density at radius 2 is 1.74 bits per heavy atom. The third kappa shape index (κ3) is 15.1. The topological polar surface area (TPSA) is 57.5 Å². The Morgan fingerprint density at radius 1 is 1.05 bits per heavy atom. The number of aliphatic hydroxyl groups excluding tert-OH is 1. The summed E-state index contributed by atoms with van der Waals surface area (Å²) in [5.74, 6) is -0.694. The molecular formula is C16H30O3. The number of unbranched alkanes of at least 4 members (excludes halogenated alkanes) is 7. The molecule has 0 saturated heterocycles. The fourth-order valence-corrected chi connectivity index (χ4v) is 2.02. The smallest absolute Gasteiger partial charge is 0.303 e. The van der Waals surface area contributed by atoms with E-state index in [1.165, 1.54) is 12.8 Å². The molecule has 1 atom stereocenters. The van der Waals surface area contributed by atoms with Gasteiger partial charge in [0.1, 0.15) is 0 Å². The van der Waals surface area contributed by atoms with E-state index in [1.54, 1.807) is 0 Å². The second-order valence-corrected chi connectivity index (χ2v) is 5.19. The number of rotatable bonds is 13. The predicted octanol–water partition coefficient (Wildman–Crippen LogP) is 4.30. The van der Waals surface area contributed by atoms with Crippen molar-refractivity contribution in [2.45, 2.75) is 83.7 Å². The Hall–Kier alpha value is -0.830. The van der Waals surface area contributed by atoms with E-state index in [9.17, 15) is 9.90 Å². The molecule has 0 aromatic carbocycles. The van der Waals surface area contributed by atoms with Crippen molar-refractivity contribution in [3.8, 4) is 0 Å². The number of aliphatic hydroxyl groups is 1. The first-order valence-corrected chi connectivity index (χ1v) is 7.73. The molecular weight excluding hydrogens is 240 g/mol. The van der Waals surface area contributed by atoms with Crippen LogP contribution < -0.4 is 0 Å². The number of allylic oxidation sites excluding steroid dienone is 1. The van der Waals surface area contributed by atoms with Crippen molar-refractivity contribution in [2.75, 3.05) is 0 Å². The molecule has 0 aliphatic rings. The first kappa shape index (κ1) is 18.2. The number of carboxylic acids is 1. The zero-order chi connectivity index (χ0) is 14.3. The molecule has 0 fully saturated rings. The maximum absolute atomic E-state index is 10.3. The molecule has 0 bridgehead atoms. The van der Waals surface area contributed by atoms with Crippen LogP contribution in [0, 0.1) is 0 Å². The molecule has 0 spiro atoms. The van der Waals surface area contributed by atoms with Crippen LogP contribution in [0.3, 0.4) is 0 Å². The zero-order valence-corrected chi connectivity index (χ0v) is 12.3. The normalized spacial score (nSPS) is 12.9. The fraction of sp³-hybridized carbons (Fsp3) is 0.812. The minimum Gasteiger partial charge on any atom is -0.481 e. The first-order valence-electron chi connectivity index (χ1n) is 7.73. The van der Waals surface area contributed by atoms with Crippen LogP contribution in [0.25, 0.3) is 0 Å². The highest BCUT2D eigenvalue weighted by atomic mass is 16.4. The van der Waals surface area contributed by atoms with Gasteiger partial charge in [-0.25, -0.2) is 0 Å². The van der Waals surface area contributed by atoms with Gasteiger partial charge in [-0.15, -0.1) is 0 Å². The van der Waals surface area contributed by atoms with Crippen molar-refractivity contribution in [3.63, 3.8) is 0 Å². The quantitative estimate of drug-likeness (QED) is 0.387. The average molecular weight is 270 g/mol. The standard InChI is InChI=1S/C16H30O3/c1-2-3-9-12-15(17)13-10-7-5-4-6-8-11-14-16(18)19/h10,13,15,17H,2-9,11-12,14H2,1H3,(H,18,19). The second kappa shape index (κ2) is 13.6. The summed E-state index contributed by atoms with van der Waals surface area (Å²) in [5.41, 5.74) is 0. The predicted molar refractivity (Wildman–Crippen MR) is 79.2 cm³/mol. The molecule has 0 saturated carbocycles. The molecule has 3 heteroatoms. The van der Waals surface area contributed by atoms with Gasteiger partial charge >= 0.3 is 5.97 Å². The van der Waals surface area contributed by atoms with Gasteiger partial charge in [0.25, 0.3) is 0 Å². The Balaban J connectivity index is 3.26. The molecule has 0 heterocycles. The van der Waals surface area contributed by atoms with Crippen molar-refractivity contribution in [3.05, 3.63) is 12.2 Å². The van der Waals surface area contributed by atoms with Gasteiger partial charge in [-0.1, -0.05) is 57.6 Å². The summed E-state index contributed by atoms with van der Waals surface area (Å²) in [5, 5.41) is 18.1. The van der Waals surface area contributed by atoms with Crippen LogP contribution in [-0.4, -0.2) is 22.3 Å². The van der Waals surface area contributed by atoms with Crippen LogP contribution in [-0.2, 0) is 4.79 Å². The lowest BCUT2D eigenvalue weighted by Crippen LogP contribution is -2.01. The molecule has 3 nitrogen and oxygen atoms in total. The third-order valence-electron chi connectivity index (χ3n) is 3.22. The van der Waals surface area contributed by atoms with Crippen molar-refractivity contribution in [1.29, 1.82) is 0 Å². The summed E-state index contributed by atoms with van der Waals surface area (Å²) >= 11 is 0. The first-order chi connectivity index (χ1) is 9.16. The lowest BCUT2D eigenvalue weighted by Gasteiger charge is -2.04. The van der Waals surface area contributed by atoms with Crippen LogP contribution in [0.1, 0.15) is 77.6 Å². The average Bonchev–Trinajstić information content (AvgIpc) is 2.36. The fourth-order valence-electron chi connectivity index (χ4n) is 2.02. The molecule has 0 aliphatic carbocycles. The van der Waals surface area contributed by atoms with Gasteiger partial charge < -0.3 is 10.2 Å². The summed E-state index contributed by atoms with van der Waals surface area (Å²) < 4.78 is 0. The van der Waals surface area contributed by atoms with E-state index in [0.717, 1.165) is 51.4 Å². The molecule has 19 heavy (non-hydrogen) atoms. The summed E-state index contributed by atoms with van der Waals surface area (Å²) in [4.78, 5) is 10.3. The minimum absolute atomic E-state index is 0.276. The Morgan fingerprint density at radius 3 is 2.42 bits per heavy atom. The van der Waals surface area contributed by atoms with Crippen LogP contribution in [0.2, 0.25) is 0 Å². The van der Waals surface area contributed by atoms with Crippen molar-refractivity contribution >= 4 is 5.97 Å². The molecule has 0 aliphatic heterocycles. The lowest BCUT2D eigenvalue weighted by atomic mass is 10.1. The van der Waals surface area contributed by atoms with Gasteiger partial charge in [0.15, 0.2) is 0 Å². The lowest BCUT2D eigenvalue weighted by molar-refractivity contribution is -0.137. The van der Waals surface area contributed by atoms with Gasteiger partial charge in [0.05, 0.1) is 6.10 Å². The van der Waals surface area contributed by atoms with E-state index in [1.807, 2.05) is 6.08 Å². The molecule has 0 radical (unpaired) electrons. The second-order valence-electron chi connectivity index (χ2n) is 5.19. The summed E-state index contributed by atoms with van der Waals surface area (Å²) in [6.45, 7) is 2.17. The molecule has 0 aromatic rings. The molecule has 0 aromatic heterocycles. The highest BCUT2D eigenvalue weighted by Crippen LogP contribution is 2.09. The number of hydrogen-bond donors (Lipinski definition) is 2. The van der Waals surface area contributed by atoms with E-state index in [-0.39, 0.29) is 6.10 Å². The SMILES string of the molecule is CCCCCC(O)C=CCCCCCCCC(=O)O. The van der Waals surface area contributed by atoms with E-state index < -0.39 is 5.97 Å². The monoisotopic (exact) mass is 270 g/mol.